The second kappa shape index (κ2) is 7.50. The summed E-state index contributed by atoms with van der Waals surface area (Å²) in [5.41, 5.74) is 2.72. The van der Waals surface area contributed by atoms with Crippen LogP contribution < -0.4 is 4.90 Å². The molecule has 0 aromatic heterocycles. The zero-order chi connectivity index (χ0) is 18.7. The predicted molar refractivity (Wildman–Crippen MR) is 104 cm³/mol. The van der Waals surface area contributed by atoms with E-state index in [9.17, 15) is 13.2 Å². The number of hydrogen-bond acceptors (Lipinski definition) is 4. The number of amides is 1. The highest BCUT2D eigenvalue weighted by atomic mass is 32.2. The van der Waals surface area contributed by atoms with E-state index in [0.29, 0.717) is 12.0 Å². The van der Waals surface area contributed by atoms with Gasteiger partial charge in [0.2, 0.25) is 0 Å². The van der Waals surface area contributed by atoms with Crippen LogP contribution in [0.3, 0.4) is 0 Å². The van der Waals surface area contributed by atoms with Crippen molar-refractivity contribution in [3.05, 3.63) is 65.7 Å². The van der Waals surface area contributed by atoms with E-state index in [4.69, 9.17) is 0 Å². The van der Waals surface area contributed by atoms with E-state index in [2.05, 4.69) is 17.0 Å². The number of carbonyl (C=O) groups is 1. The number of benzene rings is 2. The van der Waals surface area contributed by atoms with Crippen LogP contribution in [0.15, 0.2) is 54.6 Å². The maximum absolute atomic E-state index is 12.8. The van der Waals surface area contributed by atoms with Crippen LogP contribution in [0.2, 0.25) is 0 Å². The molecule has 1 aliphatic rings. The Kier molecular flexibility index (Phi) is 5.32. The Labute approximate surface area is 155 Å². The average Bonchev–Trinajstić information content (AvgIpc) is 3.01. The molecule has 0 bridgehead atoms. The SMILES string of the molecule is CN(Cc1ccccc1)c1cccc(C(=O)N(C)C2CCS(=O)(=O)C2)c1. The molecule has 0 aliphatic carbocycles. The molecule has 138 valence electrons. The molecule has 1 aliphatic heterocycles. The smallest absolute Gasteiger partial charge is 0.253 e. The maximum atomic E-state index is 12.8. The minimum Gasteiger partial charge on any atom is -0.370 e. The lowest BCUT2D eigenvalue weighted by Gasteiger charge is -2.25. The summed E-state index contributed by atoms with van der Waals surface area (Å²) in [7, 11) is 0.664. The highest BCUT2D eigenvalue weighted by Crippen LogP contribution is 2.21. The maximum Gasteiger partial charge on any atom is 0.253 e. The van der Waals surface area contributed by atoms with Gasteiger partial charge in [-0.25, -0.2) is 8.42 Å². The first kappa shape index (κ1) is 18.5. The Morgan fingerprint density at radius 1 is 1.08 bits per heavy atom. The number of carbonyl (C=O) groups excluding carboxylic acids is 1. The first-order valence-corrected chi connectivity index (χ1v) is 10.5. The highest BCUT2D eigenvalue weighted by molar-refractivity contribution is 7.91. The van der Waals surface area contributed by atoms with E-state index >= 15 is 0 Å². The van der Waals surface area contributed by atoms with Crippen molar-refractivity contribution in [2.75, 3.05) is 30.5 Å². The monoisotopic (exact) mass is 372 g/mol. The molecule has 1 heterocycles. The fourth-order valence-electron chi connectivity index (χ4n) is 3.28. The first-order chi connectivity index (χ1) is 12.4. The number of sulfone groups is 1. The molecule has 1 saturated heterocycles. The lowest BCUT2D eigenvalue weighted by molar-refractivity contribution is 0.0747. The van der Waals surface area contributed by atoms with Crippen LogP contribution in [0.4, 0.5) is 5.69 Å². The van der Waals surface area contributed by atoms with Gasteiger partial charge in [0.25, 0.3) is 5.91 Å². The minimum absolute atomic E-state index is 0.0584. The van der Waals surface area contributed by atoms with Gasteiger partial charge in [0.15, 0.2) is 9.84 Å². The molecule has 1 unspecified atom stereocenters. The molecule has 5 nitrogen and oxygen atoms in total. The van der Waals surface area contributed by atoms with Gasteiger partial charge in [0.05, 0.1) is 11.5 Å². The van der Waals surface area contributed by atoms with Gasteiger partial charge < -0.3 is 9.80 Å². The third-order valence-electron chi connectivity index (χ3n) is 4.87. The summed E-state index contributed by atoms with van der Waals surface area (Å²) in [5, 5.41) is 0. The molecule has 2 aromatic carbocycles. The molecule has 6 heteroatoms. The highest BCUT2D eigenvalue weighted by Gasteiger charge is 2.33. The van der Waals surface area contributed by atoms with Gasteiger partial charge in [-0.3, -0.25) is 4.79 Å². The molecule has 0 spiro atoms. The van der Waals surface area contributed by atoms with E-state index < -0.39 is 9.84 Å². The third kappa shape index (κ3) is 4.25. The molecule has 1 fully saturated rings. The molecule has 0 radical (unpaired) electrons. The van der Waals surface area contributed by atoms with E-state index in [-0.39, 0.29) is 23.5 Å². The van der Waals surface area contributed by atoms with E-state index in [1.165, 1.54) is 5.56 Å². The van der Waals surface area contributed by atoms with Crippen molar-refractivity contribution in [1.82, 2.24) is 4.90 Å². The van der Waals surface area contributed by atoms with Crippen molar-refractivity contribution >= 4 is 21.4 Å². The molecular formula is C20H24N2O3S. The zero-order valence-corrected chi connectivity index (χ0v) is 15.9. The van der Waals surface area contributed by atoms with Crippen LogP contribution in [0.1, 0.15) is 22.3 Å². The lowest BCUT2D eigenvalue weighted by Crippen LogP contribution is -2.37. The molecule has 1 atom stereocenters. The fourth-order valence-corrected chi connectivity index (χ4v) is 5.05. The summed E-state index contributed by atoms with van der Waals surface area (Å²) >= 11 is 0. The number of hydrogen-bond donors (Lipinski definition) is 0. The lowest BCUT2D eigenvalue weighted by atomic mass is 10.1. The first-order valence-electron chi connectivity index (χ1n) is 8.68. The molecule has 1 amide bonds. The van der Waals surface area contributed by atoms with Gasteiger partial charge in [-0.1, -0.05) is 36.4 Å². The molecule has 0 saturated carbocycles. The molecule has 3 rings (SSSR count). The summed E-state index contributed by atoms with van der Waals surface area (Å²) < 4.78 is 23.4. The van der Waals surface area contributed by atoms with Gasteiger partial charge in [-0.05, 0) is 30.2 Å². The van der Waals surface area contributed by atoms with Crippen molar-refractivity contribution in [3.8, 4) is 0 Å². The standard InChI is InChI=1S/C20H24N2O3S/c1-21(14-16-7-4-3-5-8-16)18-10-6-9-17(13-18)20(23)22(2)19-11-12-26(24,25)15-19/h3-10,13,19H,11-12,14-15H2,1-2H3. The largest absolute Gasteiger partial charge is 0.370 e. The Balaban J connectivity index is 1.73. The van der Waals surface area contributed by atoms with Crippen LogP contribution in [0, 0.1) is 0 Å². The van der Waals surface area contributed by atoms with Gasteiger partial charge in [-0.15, -0.1) is 0 Å². The van der Waals surface area contributed by atoms with Crippen molar-refractivity contribution < 1.29 is 13.2 Å². The topological polar surface area (TPSA) is 57.7 Å². The van der Waals surface area contributed by atoms with Crippen LogP contribution in [0.5, 0.6) is 0 Å². The Morgan fingerprint density at radius 2 is 1.81 bits per heavy atom. The summed E-state index contributed by atoms with van der Waals surface area (Å²) in [6.07, 6.45) is 0.512. The van der Waals surface area contributed by atoms with Gasteiger partial charge in [0, 0.05) is 37.9 Å². The minimum atomic E-state index is -3.01. The average molecular weight is 372 g/mol. The molecule has 2 aromatic rings. The summed E-state index contributed by atoms with van der Waals surface area (Å²) in [6, 6.07) is 17.4. The normalized spacial score (nSPS) is 18.5. The van der Waals surface area contributed by atoms with Crippen molar-refractivity contribution in [2.24, 2.45) is 0 Å². The van der Waals surface area contributed by atoms with Crippen LogP contribution in [0.25, 0.3) is 0 Å². The number of nitrogens with zero attached hydrogens (tertiary/aromatic N) is 2. The van der Waals surface area contributed by atoms with Crippen molar-refractivity contribution in [3.63, 3.8) is 0 Å². The number of anilines is 1. The Morgan fingerprint density at radius 3 is 2.46 bits per heavy atom. The van der Waals surface area contributed by atoms with Crippen molar-refractivity contribution in [1.29, 1.82) is 0 Å². The molecule has 26 heavy (non-hydrogen) atoms. The Bertz CT molecular complexity index is 881. The van der Waals surface area contributed by atoms with Crippen LogP contribution in [-0.2, 0) is 16.4 Å². The van der Waals surface area contributed by atoms with E-state index in [1.54, 1.807) is 18.0 Å². The second-order valence-corrected chi connectivity index (χ2v) is 9.09. The second-order valence-electron chi connectivity index (χ2n) is 6.86. The fraction of sp³-hybridized carbons (Fsp3) is 0.350. The summed E-state index contributed by atoms with van der Waals surface area (Å²) in [4.78, 5) is 16.4. The van der Waals surface area contributed by atoms with Crippen LogP contribution in [-0.4, -0.2) is 50.9 Å². The third-order valence-corrected chi connectivity index (χ3v) is 6.62. The molecular weight excluding hydrogens is 348 g/mol. The number of rotatable bonds is 5. The van der Waals surface area contributed by atoms with Crippen molar-refractivity contribution in [2.45, 2.75) is 19.0 Å². The van der Waals surface area contributed by atoms with E-state index in [0.717, 1.165) is 12.2 Å². The molecule has 0 N–H and O–H groups in total. The van der Waals surface area contributed by atoms with Gasteiger partial charge in [0.1, 0.15) is 0 Å². The zero-order valence-electron chi connectivity index (χ0n) is 15.1. The summed E-state index contributed by atoms with van der Waals surface area (Å²) in [5.74, 6) is 0.0832. The predicted octanol–water partition coefficient (Wildman–Crippen LogP) is 2.58. The van der Waals surface area contributed by atoms with Gasteiger partial charge >= 0.3 is 0 Å². The summed E-state index contributed by atoms with van der Waals surface area (Å²) in [6.45, 7) is 0.745. The Hall–Kier alpha value is -2.34. The quantitative estimate of drug-likeness (QED) is 0.809. The van der Waals surface area contributed by atoms with E-state index in [1.807, 2.05) is 43.4 Å². The van der Waals surface area contributed by atoms with Crippen LogP contribution >= 0.6 is 0 Å². The van der Waals surface area contributed by atoms with Gasteiger partial charge in [-0.2, -0.15) is 0 Å².